The second kappa shape index (κ2) is 12.5. The van der Waals surface area contributed by atoms with Crippen LogP contribution in [0.25, 0.3) is 0 Å². The fraction of sp³-hybridized carbons (Fsp3) is 0.650. The molecule has 8 heteroatoms. The van der Waals surface area contributed by atoms with Gasteiger partial charge in [0.05, 0.1) is 18.9 Å². The van der Waals surface area contributed by atoms with Crippen LogP contribution in [-0.2, 0) is 16.0 Å². The first-order chi connectivity index (χ1) is 13.6. The maximum atomic E-state index is 14.5. The molecule has 1 aliphatic heterocycles. The third kappa shape index (κ3) is 7.61. The Hall–Kier alpha value is -1.90. The molecule has 0 spiro atoms. The summed E-state index contributed by atoms with van der Waals surface area (Å²) >= 11 is 0. The van der Waals surface area contributed by atoms with Crippen LogP contribution in [0.5, 0.6) is 0 Å². The van der Waals surface area contributed by atoms with Crippen LogP contribution in [0.15, 0.2) is 23.2 Å². The van der Waals surface area contributed by atoms with Crippen molar-refractivity contribution in [3.8, 4) is 0 Å². The summed E-state index contributed by atoms with van der Waals surface area (Å²) < 4.78 is 24.9. The number of likely N-dealkylation sites (N-methyl/N-ethyl adjacent to an activating group) is 1. The number of morpholine rings is 1. The van der Waals surface area contributed by atoms with Crippen LogP contribution < -0.4 is 15.5 Å². The fourth-order valence-electron chi connectivity index (χ4n) is 3.08. The van der Waals surface area contributed by atoms with Gasteiger partial charge in [-0.3, -0.25) is 4.99 Å². The van der Waals surface area contributed by atoms with E-state index in [1.165, 1.54) is 0 Å². The van der Waals surface area contributed by atoms with Crippen LogP contribution in [0, 0.1) is 5.82 Å². The van der Waals surface area contributed by atoms with Gasteiger partial charge in [0.1, 0.15) is 5.82 Å². The molecule has 0 atom stereocenters. The summed E-state index contributed by atoms with van der Waals surface area (Å²) in [6.07, 6.45) is 1.02. The lowest BCUT2D eigenvalue weighted by Crippen LogP contribution is -2.40. The molecular formula is C20H34FN5O2. The number of nitrogens with zero attached hydrogens (tertiary/aromatic N) is 3. The number of nitrogens with one attached hydrogen (secondary N) is 2. The molecule has 1 aromatic carbocycles. The molecule has 2 N–H and O–H groups in total. The summed E-state index contributed by atoms with van der Waals surface area (Å²) in [5.41, 5.74) is 1.53. The minimum atomic E-state index is -0.193. The molecule has 0 aromatic heterocycles. The van der Waals surface area contributed by atoms with E-state index in [4.69, 9.17) is 9.47 Å². The molecule has 0 unspecified atom stereocenters. The molecule has 0 radical (unpaired) electrons. The lowest BCUT2D eigenvalue weighted by Gasteiger charge is -2.29. The summed E-state index contributed by atoms with van der Waals surface area (Å²) in [5.74, 6) is 0.518. The number of ether oxygens (including phenoxy) is 2. The molecule has 0 aliphatic carbocycles. The van der Waals surface area contributed by atoms with Crippen molar-refractivity contribution < 1.29 is 13.9 Å². The van der Waals surface area contributed by atoms with Gasteiger partial charge in [0, 0.05) is 60.0 Å². The number of rotatable bonds is 10. The van der Waals surface area contributed by atoms with E-state index in [0.29, 0.717) is 31.4 Å². The van der Waals surface area contributed by atoms with E-state index in [1.807, 2.05) is 17.0 Å². The summed E-state index contributed by atoms with van der Waals surface area (Å²) in [6.45, 7) is 6.73. The first kappa shape index (κ1) is 22.4. The monoisotopic (exact) mass is 395 g/mol. The van der Waals surface area contributed by atoms with E-state index in [2.05, 4.69) is 27.6 Å². The number of benzene rings is 1. The van der Waals surface area contributed by atoms with E-state index < -0.39 is 0 Å². The molecule has 1 saturated heterocycles. The Kier molecular flexibility index (Phi) is 10.0. The Balaban J connectivity index is 1.74. The van der Waals surface area contributed by atoms with E-state index in [1.54, 1.807) is 20.2 Å². The highest BCUT2D eigenvalue weighted by Crippen LogP contribution is 2.21. The number of halogens is 1. The molecular weight excluding hydrogens is 361 g/mol. The van der Waals surface area contributed by atoms with Gasteiger partial charge in [0.15, 0.2) is 5.96 Å². The van der Waals surface area contributed by atoms with Gasteiger partial charge in [-0.2, -0.15) is 0 Å². The molecule has 1 aliphatic rings. The van der Waals surface area contributed by atoms with Crippen molar-refractivity contribution in [3.05, 3.63) is 29.6 Å². The zero-order valence-electron chi connectivity index (χ0n) is 17.3. The second-order valence-corrected chi connectivity index (χ2v) is 6.89. The van der Waals surface area contributed by atoms with Crippen molar-refractivity contribution in [1.29, 1.82) is 0 Å². The molecule has 28 heavy (non-hydrogen) atoms. The largest absolute Gasteiger partial charge is 0.385 e. The second-order valence-electron chi connectivity index (χ2n) is 6.89. The van der Waals surface area contributed by atoms with Crippen molar-refractivity contribution in [3.63, 3.8) is 0 Å². The Morgan fingerprint density at radius 1 is 1.29 bits per heavy atom. The van der Waals surface area contributed by atoms with Gasteiger partial charge in [-0.15, -0.1) is 0 Å². The summed E-state index contributed by atoms with van der Waals surface area (Å²) in [4.78, 5) is 8.51. The van der Waals surface area contributed by atoms with Crippen molar-refractivity contribution in [1.82, 2.24) is 15.5 Å². The highest BCUT2D eigenvalue weighted by Gasteiger charge is 2.15. The van der Waals surface area contributed by atoms with Crippen LogP contribution in [0.1, 0.15) is 12.0 Å². The molecule has 7 nitrogen and oxygen atoms in total. The zero-order chi connectivity index (χ0) is 20.2. The third-order valence-corrected chi connectivity index (χ3v) is 4.72. The SMILES string of the molecule is CN=C(NCCN(C)CCCOC)NCc1ccc(N2CCOCC2)c(F)c1. The minimum absolute atomic E-state index is 0.193. The molecule has 0 bridgehead atoms. The van der Waals surface area contributed by atoms with Crippen molar-refractivity contribution in [2.24, 2.45) is 4.99 Å². The fourth-order valence-corrected chi connectivity index (χ4v) is 3.08. The molecule has 1 aromatic rings. The minimum Gasteiger partial charge on any atom is -0.385 e. The zero-order valence-corrected chi connectivity index (χ0v) is 17.3. The van der Waals surface area contributed by atoms with Crippen LogP contribution in [-0.4, -0.2) is 84.6 Å². The van der Waals surface area contributed by atoms with Gasteiger partial charge < -0.3 is 29.9 Å². The molecule has 158 valence electrons. The maximum Gasteiger partial charge on any atom is 0.191 e. The normalized spacial score (nSPS) is 15.2. The van der Waals surface area contributed by atoms with E-state index in [-0.39, 0.29) is 5.82 Å². The number of guanidine groups is 1. The topological polar surface area (TPSA) is 61.4 Å². The average molecular weight is 396 g/mol. The quantitative estimate of drug-likeness (QED) is 0.354. The lowest BCUT2D eigenvalue weighted by atomic mass is 10.1. The van der Waals surface area contributed by atoms with Gasteiger partial charge in [0.25, 0.3) is 0 Å². The van der Waals surface area contributed by atoms with Gasteiger partial charge in [-0.1, -0.05) is 6.07 Å². The number of anilines is 1. The molecule has 1 heterocycles. The average Bonchev–Trinajstić information content (AvgIpc) is 2.71. The molecule has 0 saturated carbocycles. The van der Waals surface area contributed by atoms with Crippen molar-refractivity contribution >= 4 is 11.6 Å². The highest BCUT2D eigenvalue weighted by atomic mass is 19.1. The van der Waals surface area contributed by atoms with Crippen molar-refractivity contribution in [2.45, 2.75) is 13.0 Å². The maximum absolute atomic E-state index is 14.5. The number of methoxy groups -OCH3 is 1. The van der Waals surface area contributed by atoms with E-state index in [9.17, 15) is 4.39 Å². The number of hydrogen-bond acceptors (Lipinski definition) is 5. The highest BCUT2D eigenvalue weighted by molar-refractivity contribution is 5.79. The van der Waals surface area contributed by atoms with Gasteiger partial charge in [0.2, 0.25) is 0 Å². The van der Waals surface area contributed by atoms with E-state index in [0.717, 1.165) is 51.3 Å². The standard InChI is InChI=1S/C20H34FN5O2/c1-22-20(23-7-9-25(2)8-4-12-27-3)24-16-17-5-6-19(18(21)15-17)26-10-13-28-14-11-26/h5-6,15H,4,7-14,16H2,1-3H3,(H2,22,23,24). The Bertz CT molecular complexity index is 608. The van der Waals surface area contributed by atoms with Crippen LogP contribution in [0.3, 0.4) is 0 Å². The predicted molar refractivity (Wildman–Crippen MR) is 112 cm³/mol. The first-order valence-electron chi connectivity index (χ1n) is 9.87. The number of hydrogen-bond donors (Lipinski definition) is 2. The molecule has 0 amide bonds. The Morgan fingerprint density at radius 3 is 2.75 bits per heavy atom. The molecule has 1 fully saturated rings. The van der Waals surface area contributed by atoms with E-state index >= 15 is 0 Å². The third-order valence-electron chi connectivity index (χ3n) is 4.72. The lowest BCUT2D eigenvalue weighted by molar-refractivity contribution is 0.122. The summed E-state index contributed by atoms with van der Waals surface area (Å²) in [6, 6.07) is 5.40. The molecule has 2 rings (SSSR count). The van der Waals surface area contributed by atoms with Crippen molar-refractivity contribution in [2.75, 3.05) is 78.6 Å². The summed E-state index contributed by atoms with van der Waals surface area (Å²) in [5, 5.41) is 6.53. The van der Waals surface area contributed by atoms with Gasteiger partial charge >= 0.3 is 0 Å². The van der Waals surface area contributed by atoms with Gasteiger partial charge in [-0.05, 0) is 31.2 Å². The van der Waals surface area contributed by atoms with Crippen LogP contribution in [0.4, 0.5) is 10.1 Å². The van der Waals surface area contributed by atoms with Crippen LogP contribution in [0.2, 0.25) is 0 Å². The Morgan fingerprint density at radius 2 is 2.07 bits per heavy atom. The van der Waals surface area contributed by atoms with Crippen LogP contribution >= 0.6 is 0 Å². The summed E-state index contributed by atoms with van der Waals surface area (Å²) in [7, 11) is 5.55. The Labute approximate surface area is 167 Å². The number of aliphatic imine (C=N–C) groups is 1. The van der Waals surface area contributed by atoms with Gasteiger partial charge in [-0.25, -0.2) is 4.39 Å². The first-order valence-corrected chi connectivity index (χ1v) is 9.87. The smallest absolute Gasteiger partial charge is 0.191 e. The predicted octanol–water partition coefficient (Wildman–Crippen LogP) is 1.30.